The monoisotopic (exact) mass is 206 g/mol. The summed E-state index contributed by atoms with van der Waals surface area (Å²) in [6, 6.07) is 8.63. The van der Waals surface area contributed by atoms with Gasteiger partial charge in [-0.15, -0.1) is 11.3 Å². The highest BCUT2D eigenvalue weighted by Crippen LogP contribution is 2.30. The Morgan fingerprint density at radius 2 is 1.79 bits per heavy atom. The molecule has 0 aliphatic carbocycles. The van der Waals surface area contributed by atoms with Crippen molar-refractivity contribution in [3.05, 3.63) is 34.7 Å². The summed E-state index contributed by atoms with van der Waals surface area (Å²) in [5.74, 6) is 0. The molecule has 0 aliphatic heterocycles. The lowest BCUT2D eigenvalue weighted by molar-refractivity contribution is 1.16. The van der Waals surface area contributed by atoms with E-state index in [0.29, 0.717) is 0 Å². The van der Waals surface area contributed by atoms with E-state index in [4.69, 9.17) is 0 Å². The average molecular weight is 206 g/mol. The highest BCUT2D eigenvalue weighted by atomic mass is 32.1. The third-order valence-electron chi connectivity index (χ3n) is 2.26. The third-order valence-corrected chi connectivity index (χ3v) is 3.68. The molecule has 0 amide bonds. The molecular formula is C13H18S. The molecule has 0 saturated carbocycles. The zero-order chi connectivity index (χ0) is 10.6. The molecule has 0 fully saturated rings. The van der Waals surface area contributed by atoms with Crippen molar-refractivity contribution in [2.45, 2.75) is 34.1 Å². The van der Waals surface area contributed by atoms with E-state index in [0.717, 1.165) is 6.42 Å². The minimum absolute atomic E-state index is 1.16. The molecule has 2 aromatic rings. The number of thiophene rings is 1. The van der Waals surface area contributed by atoms with E-state index in [1.165, 1.54) is 20.5 Å². The van der Waals surface area contributed by atoms with Gasteiger partial charge < -0.3 is 0 Å². The van der Waals surface area contributed by atoms with Crippen LogP contribution in [-0.2, 0) is 6.42 Å². The molecule has 0 N–H and O–H groups in total. The molecule has 1 aromatic carbocycles. The van der Waals surface area contributed by atoms with E-state index >= 15 is 0 Å². The SMILES string of the molecule is CC.CCc1sc2ccccc2c1C. The van der Waals surface area contributed by atoms with Gasteiger partial charge in [-0.1, -0.05) is 39.0 Å². The lowest BCUT2D eigenvalue weighted by atomic mass is 10.1. The Bertz CT molecular complexity index is 399. The van der Waals surface area contributed by atoms with Crippen LogP contribution in [0.25, 0.3) is 10.1 Å². The summed E-state index contributed by atoms with van der Waals surface area (Å²) in [5, 5.41) is 1.43. The van der Waals surface area contributed by atoms with Gasteiger partial charge in [0.05, 0.1) is 0 Å². The first-order valence-electron chi connectivity index (χ1n) is 5.30. The lowest BCUT2D eigenvalue weighted by Gasteiger charge is -1.91. The molecule has 0 saturated heterocycles. The van der Waals surface area contributed by atoms with Crippen LogP contribution in [0.2, 0.25) is 0 Å². The van der Waals surface area contributed by atoms with E-state index in [2.05, 4.69) is 38.1 Å². The maximum Gasteiger partial charge on any atom is 0.0348 e. The molecule has 0 unspecified atom stereocenters. The van der Waals surface area contributed by atoms with Crippen molar-refractivity contribution in [1.82, 2.24) is 0 Å². The first kappa shape index (κ1) is 11.3. The van der Waals surface area contributed by atoms with Crippen molar-refractivity contribution in [3.8, 4) is 0 Å². The van der Waals surface area contributed by atoms with Crippen LogP contribution < -0.4 is 0 Å². The Hall–Kier alpha value is -0.820. The maximum absolute atomic E-state index is 2.22. The van der Waals surface area contributed by atoms with Crippen LogP contribution in [0.5, 0.6) is 0 Å². The highest BCUT2D eigenvalue weighted by Gasteiger charge is 2.04. The van der Waals surface area contributed by atoms with E-state index < -0.39 is 0 Å². The van der Waals surface area contributed by atoms with Gasteiger partial charge in [-0.05, 0) is 30.4 Å². The number of hydrogen-bond acceptors (Lipinski definition) is 1. The molecule has 2 rings (SSSR count). The number of rotatable bonds is 1. The molecular weight excluding hydrogens is 188 g/mol. The average Bonchev–Trinajstić information content (AvgIpc) is 2.59. The first-order valence-corrected chi connectivity index (χ1v) is 6.11. The second-order valence-corrected chi connectivity index (χ2v) is 4.14. The Balaban J connectivity index is 0.000000461. The number of hydrogen-bond donors (Lipinski definition) is 0. The van der Waals surface area contributed by atoms with Gasteiger partial charge in [0.1, 0.15) is 0 Å². The van der Waals surface area contributed by atoms with Gasteiger partial charge in [0.15, 0.2) is 0 Å². The van der Waals surface area contributed by atoms with Crippen LogP contribution in [-0.4, -0.2) is 0 Å². The van der Waals surface area contributed by atoms with E-state index in [-0.39, 0.29) is 0 Å². The van der Waals surface area contributed by atoms with Gasteiger partial charge in [-0.2, -0.15) is 0 Å². The van der Waals surface area contributed by atoms with Crippen LogP contribution in [0.4, 0.5) is 0 Å². The zero-order valence-corrected chi connectivity index (χ0v) is 10.2. The fraction of sp³-hybridized carbons (Fsp3) is 0.385. The Morgan fingerprint density at radius 1 is 1.14 bits per heavy atom. The van der Waals surface area contributed by atoms with Crippen LogP contribution in [0.15, 0.2) is 24.3 Å². The Labute approximate surface area is 90.6 Å². The summed E-state index contributed by atoms with van der Waals surface area (Å²) in [7, 11) is 0. The van der Waals surface area contributed by atoms with Gasteiger partial charge in [-0.3, -0.25) is 0 Å². The van der Waals surface area contributed by atoms with Gasteiger partial charge in [0, 0.05) is 9.58 Å². The Kier molecular flexibility index (Phi) is 4.15. The van der Waals surface area contributed by atoms with E-state index in [1.54, 1.807) is 0 Å². The summed E-state index contributed by atoms with van der Waals surface area (Å²) in [5.41, 5.74) is 1.47. The minimum atomic E-state index is 1.16. The van der Waals surface area contributed by atoms with Gasteiger partial charge in [0.25, 0.3) is 0 Å². The Morgan fingerprint density at radius 3 is 2.36 bits per heavy atom. The molecule has 14 heavy (non-hydrogen) atoms. The van der Waals surface area contributed by atoms with Crippen molar-refractivity contribution < 1.29 is 0 Å². The van der Waals surface area contributed by atoms with Gasteiger partial charge in [-0.25, -0.2) is 0 Å². The predicted molar refractivity (Wildman–Crippen MR) is 67.3 cm³/mol. The van der Waals surface area contributed by atoms with E-state index in [1.807, 2.05) is 25.2 Å². The third kappa shape index (κ3) is 1.98. The number of benzene rings is 1. The predicted octanol–water partition coefficient (Wildman–Crippen LogP) is 4.80. The van der Waals surface area contributed by atoms with Crippen LogP contribution in [0, 0.1) is 6.92 Å². The standard InChI is InChI=1S/C11H12S.C2H6/c1-3-10-8(2)9-6-4-5-7-11(9)12-10;1-2/h4-7H,3H2,1-2H3;1-2H3. The first-order chi connectivity index (χ1) is 6.83. The van der Waals surface area contributed by atoms with Crippen LogP contribution in [0.3, 0.4) is 0 Å². The summed E-state index contributed by atoms with van der Waals surface area (Å²) in [6.07, 6.45) is 1.16. The molecule has 76 valence electrons. The van der Waals surface area contributed by atoms with Crippen molar-refractivity contribution in [1.29, 1.82) is 0 Å². The molecule has 1 heterocycles. The van der Waals surface area contributed by atoms with Crippen molar-refractivity contribution in [2.75, 3.05) is 0 Å². The normalized spacial score (nSPS) is 9.71. The largest absolute Gasteiger partial charge is 0.140 e. The number of fused-ring (bicyclic) bond motifs is 1. The summed E-state index contributed by atoms with van der Waals surface area (Å²) in [4.78, 5) is 1.52. The zero-order valence-electron chi connectivity index (χ0n) is 9.42. The second-order valence-electron chi connectivity index (χ2n) is 3.00. The molecule has 1 heteroatoms. The van der Waals surface area contributed by atoms with Crippen molar-refractivity contribution in [3.63, 3.8) is 0 Å². The van der Waals surface area contributed by atoms with Crippen LogP contribution >= 0.6 is 11.3 Å². The fourth-order valence-electron chi connectivity index (χ4n) is 1.56. The fourth-order valence-corrected chi connectivity index (χ4v) is 2.71. The smallest absolute Gasteiger partial charge is 0.0348 e. The number of aryl methyl sites for hydroxylation is 2. The van der Waals surface area contributed by atoms with Gasteiger partial charge in [0.2, 0.25) is 0 Å². The minimum Gasteiger partial charge on any atom is -0.140 e. The van der Waals surface area contributed by atoms with Crippen molar-refractivity contribution in [2.24, 2.45) is 0 Å². The summed E-state index contributed by atoms with van der Waals surface area (Å²) in [6.45, 7) is 8.44. The van der Waals surface area contributed by atoms with Crippen molar-refractivity contribution >= 4 is 21.4 Å². The molecule has 0 radical (unpaired) electrons. The lowest BCUT2D eigenvalue weighted by Crippen LogP contribution is -1.75. The summed E-state index contributed by atoms with van der Waals surface area (Å²) < 4.78 is 1.42. The topological polar surface area (TPSA) is 0 Å². The molecule has 0 bridgehead atoms. The van der Waals surface area contributed by atoms with Gasteiger partial charge >= 0.3 is 0 Å². The highest BCUT2D eigenvalue weighted by molar-refractivity contribution is 7.19. The quantitative estimate of drug-likeness (QED) is 0.629. The maximum atomic E-state index is 2.22. The molecule has 0 atom stereocenters. The van der Waals surface area contributed by atoms with Crippen LogP contribution in [0.1, 0.15) is 31.2 Å². The van der Waals surface area contributed by atoms with E-state index in [9.17, 15) is 0 Å². The molecule has 0 spiro atoms. The molecule has 1 aromatic heterocycles. The molecule has 0 nitrogen and oxygen atoms in total. The second kappa shape index (κ2) is 5.16. The molecule has 0 aliphatic rings. The summed E-state index contributed by atoms with van der Waals surface area (Å²) >= 11 is 1.92.